The fourth-order valence-corrected chi connectivity index (χ4v) is 3.10. The molecule has 2 aromatic carbocycles. The fourth-order valence-electron chi connectivity index (χ4n) is 3.10. The molecule has 1 fully saturated rings. The Labute approximate surface area is 172 Å². The lowest BCUT2D eigenvalue weighted by molar-refractivity contribution is -0.117. The summed E-state index contributed by atoms with van der Waals surface area (Å²) in [5.41, 5.74) is 2.85. The highest BCUT2D eigenvalue weighted by atomic mass is 16.5. The molecule has 0 saturated heterocycles. The van der Waals surface area contributed by atoms with Crippen molar-refractivity contribution >= 4 is 23.2 Å². The highest BCUT2D eigenvalue weighted by Gasteiger charge is 2.29. The molecular formula is C24H30N2O3. The van der Waals surface area contributed by atoms with Crippen molar-refractivity contribution in [2.45, 2.75) is 52.4 Å². The molecule has 3 rings (SSSR count). The van der Waals surface area contributed by atoms with E-state index in [4.69, 9.17) is 4.74 Å². The second-order valence-electron chi connectivity index (χ2n) is 7.63. The first kappa shape index (κ1) is 20.9. The van der Waals surface area contributed by atoms with Crippen molar-refractivity contribution < 1.29 is 14.3 Å². The number of benzene rings is 2. The van der Waals surface area contributed by atoms with Crippen LogP contribution in [0.3, 0.4) is 0 Å². The van der Waals surface area contributed by atoms with E-state index in [1.807, 2.05) is 37.3 Å². The molecule has 29 heavy (non-hydrogen) atoms. The van der Waals surface area contributed by atoms with Gasteiger partial charge in [0.2, 0.25) is 5.91 Å². The molecule has 0 aliphatic heterocycles. The third kappa shape index (κ3) is 6.08. The van der Waals surface area contributed by atoms with Gasteiger partial charge in [-0.05, 0) is 68.1 Å². The van der Waals surface area contributed by atoms with Crippen molar-refractivity contribution in [3.63, 3.8) is 0 Å². The molecular weight excluding hydrogens is 364 g/mol. The van der Waals surface area contributed by atoms with E-state index in [0.717, 1.165) is 36.3 Å². The van der Waals surface area contributed by atoms with Crippen LogP contribution in [0.4, 0.5) is 11.4 Å². The first-order valence-electron chi connectivity index (χ1n) is 10.5. The number of rotatable bonds is 10. The molecule has 2 N–H and O–H groups in total. The minimum atomic E-state index is -0.187. The zero-order chi connectivity index (χ0) is 20.6. The zero-order valence-electron chi connectivity index (χ0n) is 17.3. The van der Waals surface area contributed by atoms with Crippen molar-refractivity contribution in [2.24, 2.45) is 5.92 Å². The molecule has 154 valence electrons. The van der Waals surface area contributed by atoms with Gasteiger partial charge in [0, 0.05) is 22.9 Å². The van der Waals surface area contributed by atoms with Gasteiger partial charge in [-0.2, -0.15) is 0 Å². The molecule has 0 aromatic heterocycles. The maximum Gasteiger partial charge on any atom is 0.255 e. The Balaban J connectivity index is 1.56. The highest BCUT2D eigenvalue weighted by molar-refractivity contribution is 6.05. The standard InChI is InChI=1S/C24H30N2O3/c1-3-4-5-6-16-29-20-14-12-19(13-15-20)24(28)26-22-9-7-8-21(17(22)2)25-23(27)18-10-11-18/h7-9,12-15,18H,3-6,10-11,16H2,1-2H3,(H,25,27)(H,26,28). The summed E-state index contributed by atoms with van der Waals surface area (Å²) in [6.45, 7) is 4.78. The Kier molecular flexibility index (Phi) is 7.28. The summed E-state index contributed by atoms with van der Waals surface area (Å²) in [5.74, 6) is 0.786. The Morgan fingerprint density at radius 2 is 1.66 bits per heavy atom. The number of unbranched alkanes of at least 4 members (excludes halogenated alkanes) is 3. The molecule has 0 bridgehead atoms. The van der Waals surface area contributed by atoms with Crippen LogP contribution in [0.5, 0.6) is 5.75 Å². The van der Waals surface area contributed by atoms with Gasteiger partial charge in [-0.1, -0.05) is 32.3 Å². The monoisotopic (exact) mass is 394 g/mol. The molecule has 0 radical (unpaired) electrons. The minimum Gasteiger partial charge on any atom is -0.494 e. The number of hydrogen-bond acceptors (Lipinski definition) is 3. The average Bonchev–Trinajstić information content (AvgIpc) is 3.57. The van der Waals surface area contributed by atoms with E-state index in [1.54, 1.807) is 12.1 Å². The Morgan fingerprint density at radius 1 is 0.966 bits per heavy atom. The maximum absolute atomic E-state index is 12.6. The minimum absolute atomic E-state index is 0.0573. The summed E-state index contributed by atoms with van der Waals surface area (Å²) in [7, 11) is 0. The number of carbonyl (C=O) groups excluding carboxylic acids is 2. The van der Waals surface area contributed by atoms with Crippen molar-refractivity contribution in [2.75, 3.05) is 17.2 Å². The van der Waals surface area contributed by atoms with Gasteiger partial charge in [-0.15, -0.1) is 0 Å². The molecule has 0 heterocycles. The van der Waals surface area contributed by atoms with E-state index in [2.05, 4.69) is 17.6 Å². The quantitative estimate of drug-likeness (QED) is 0.519. The van der Waals surface area contributed by atoms with E-state index in [9.17, 15) is 9.59 Å². The molecule has 0 spiro atoms. The Bertz CT molecular complexity index is 842. The number of nitrogens with one attached hydrogen (secondary N) is 2. The summed E-state index contributed by atoms with van der Waals surface area (Å²) < 4.78 is 5.73. The number of ether oxygens (including phenoxy) is 1. The topological polar surface area (TPSA) is 67.4 Å². The predicted molar refractivity (Wildman–Crippen MR) is 117 cm³/mol. The van der Waals surface area contributed by atoms with Gasteiger partial charge in [0.1, 0.15) is 5.75 Å². The third-order valence-electron chi connectivity index (χ3n) is 5.17. The van der Waals surface area contributed by atoms with E-state index in [1.165, 1.54) is 19.3 Å². The van der Waals surface area contributed by atoms with E-state index >= 15 is 0 Å². The lowest BCUT2D eigenvalue weighted by Crippen LogP contribution is -2.16. The third-order valence-corrected chi connectivity index (χ3v) is 5.17. The summed E-state index contributed by atoms with van der Waals surface area (Å²) >= 11 is 0. The molecule has 5 nitrogen and oxygen atoms in total. The molecule has 2 amide bonds. The number of amides is 2. The molecule has 0 unspecified atom stereocenters. The van der Waals surface area contributed by atoms with E-state index < -0.39 is 0 Å². The SMILES string of the molecule is CCCCCCOc1ccc(C(=O)Nc2cccc(NC(=O)C3CC3)c2C)cc1. The number of anilines is 2. The van der Waals surface area contributed by atoms with Crippen molar-refractivity contribution in [3.05, 3.63) is 53.6 Å². The Hall–Kier alpha value is -2.82. The van der Waals surface area contributed by atoms with Crippen LogP contribution in [0.15, 0.2) is 42.5 Å². The lowest BCUT2D eigenvalue weighted by atomic mass is 10.1. The normalized spacial score (nSPS) is 13.0. The van der Waals surface area contributed by atoms with Gasteiger partial charge in [-0.3, -0.25) is 9.59 Å². The first-order valence-corrected chi connectivity index (χ1v) is 10.5. The van der Waals surface area contributed by atoms with Gasteiger partial charge in [0.15, 0.2) is 0 Å². The second-order valence-corrected chi connectivity index (χ2v) is 7.63. The smallest absolute Gasteiger partial charge is 0.255 e. The predicted octanol–water partition coefficient (Wildman–Crippen LogP) is 5.55. The van der Waals surface area contributed by atoms with Crippen LogP contribution in [0.2, 0.25) is 0 Å². The summed E-state index contributed by atoms with van der Waals surface area (Å²) in [6, 6.07) is 12.7. The van der Waals surface area contributed by atoms with Gasteiger partial charge in [0.05, 0.1) is 6.61 Å². The largest absolute Gasteiger partial charge is 0.494 e. The van der Waals surface area contributed by atoms with Crippen molar-refractivity contribution in [3.8, 4) is 5.75 Å². The molecule has 1 aliphatic rings. The van der Waals surface area contributed by atoms with Gasteiger partial charge >= 0.3 is 0 Å². The van der Waals surface area contributed by atoms with Crippen LogP contribution in [-0.4, -0.2) is 18.4 Å². The summed E-state index contributed by atoms with van der Waals surface area (Å²) in [4.78, 5) is 24.7. The van der Waals surface area contributed by atoms with Crippen molar-refractivity contribution in [1.29, 1.82) is 0 Å². The maximum atomic E-state index is 12.6. The number of hydrogen-bond donors (Lipinski definition) is 2. The summed E-state index contributed by atoms with van der Waals surface area (Å²) in [5, 5.41) is 5.90. The van der Waals surface area contributed by atoms with E-state index in [-0.39, 0.29) is 17.7 Å². The van der Waals surface area contributed by atoms with E-state index in [0.29, 0.717) is 17.9 Å². The van der Waals surface area contributed by atoms with Crippen LogP contribution < -0.4 is 15.4 Å². The van der Waals surface area contributed by atoms with Crippen LogP contribution in [0, 0.1) is 12.8 Å². The zero-order valence-corrected chi connectivity index (χ0v) is 17.3. The molecule has 0 atom stereocenters. The average molecular weight is 395 g/mol. The second kappa shape index (κ2) is 10.1. The van der Waals surface area contributed by atoms with Crippen molar-refractivity contribution in [1.82, 2.24) is 0 Å². The van der Waals surface area contributed by atoms with Gasteiger partial charge < -0.3 is 15.4 Å². The Morgan fingerprint density at radius 3 is 2.31 bits per heavy atom. The fraction of sp³-hybridized carbons (Fsp3) is 0.417. The first-order chi connectivity index (χ1) is 14.1. The highest BCUT2D eigenvalue weighted by Crippen LogP contribution is 2.31. The number of carbonyl (C=O) groups is 2. The molecule has 1 aliphatic carbocycles. The van der Waals surface area contributed by atoms with Crippen LogP contribution in [-0.2, 0) is 4.79 Å². The molecule has 5 heteroatoms. The van der Waals surface area contributed by atoms with Crippen LogP contribution >= 0.6 is 0 Å². The molecule has 1 saturated carbocycles. The van der Waals surface area contributed by atoms with Gasteiger partial charge in [-0.25, -0.2) is 0 Å². The van der Waals surface area contributed by atoms with Gasteiger partial charge in [0.25, 0.3) is 5.91 Å². The summed E-state index contributed by atoms with van der Waals surface area (Å²) in [6.07, 6.45) is 6.57. The molecule has 2 aromatic rings. The van der Waals surface area contributed by atoms with Crippen LogP contribution in [0.25, 0.3) is 0 Å². The van der Waals surface area contributed by atoms with Crippen LogP contribution in [0.1, 0.15) is 61.4 Å². The lowest BCUT2D eigenvalue weighted by Gasteiger charge is -2.13.